The molecular formula is C17H21N3O2. The van der Waals surface area contributed by atoms with E-state index in [0.29, 0.717) is 5.92 Å². The van der Waals surface area contributed by atoms with Crippen molar-refractivity contribution < 1.29 is 9.53 Å². The number of carbonyl (C=O) groups is 1. The molecular weight excluding hydrogens is 278 g/mol. The fourth-order valence-corrected chi connectivity index (χ4v) is 4.14. The lowest BCUT2D eigenvalue weighted by Crippen LogP contribution is -2.56. The molecule has 3 fully saturated rings. The van der Waals surface area contributed by atoms with Crippen molar-refractivity contribution in [2.45, 2.75) is 31.8 Å². The lowest BCUT2D eigenvalue weighted by atomic mass is 9.78. The van der Waals surface area contributed by atoms with Crippen molar-refractivity contribution in [3.05, 3.63) is 29.8 Å². The molecule has 1 aromatic carbocycles. The molecule has 0 aromatic heterocycles. The van der Waals surface area contributed by atoms with E-state index in [1.54, 1.807) is 19.0 Å². The summed E-state index contributed by atoms with van der Waals surface area (Å²) in [6.07, 6.45) is 2.35. The monoisotopic (exact) mass is 299 g/mol. The molecule has 116 valence electrons. The Bertz CT molecular complexity index is 635. The van der Waals surface area contributed by atoms with E-state index in [1.807, 2.05) is 18.2 Å². The number of ether oxygens (including phenoxy) is 1. The highest BCUT2D eigenvalue weighted by Gasteiger charge is 2.50. The van der Waals surface area contributed by atoms with E-state index >= 15 is 0 Å². The number of methoxy groups -OCH3 is 1. The van der Waals surface area contributed by atoms with Crippen LogP contribution in [0, 0.1) is 5.92 Å². The van der Waals surface area contributed by atoms with Crippen molar-refractivity contribution in [1.29, 1.82) is 0 Å². The van der Waals surface area contributed by atoms with Crippen LogP contribution in [0.2, 0.25) is 0 Å². The predicted octanol–water partition coefficient (Wildman–Crippen LogP) is 2.05. The summed E-state index contributed by atoms with van der Waals surface area (Å²) in [5.41, 5.74) is 2.31. The Balaban J connectivity index is 1.77. The second-order valence-electron chi connectivity index (χ2n) is 6.36. The number of hydrogen-bond donors (Lipinski definition) is 0. The number of fused-ring (bicyclic) bond motifs is 2. The molecule has 0 saturated carbocycles. The van der Waals surface area contributed by atoms with Crippen molar-refractivity contribution in [2.75, 3.05) is 20.2 Å². The maximum Gasteiger partial charge on any atom is 0.240 e. The van der Waals surface area contributed by atoms with E-state index in [4.69, 9.17) is 9.84 Å². The van der Waals surface area contributed by atoms with Crippen molar-refractivity contribution in [1.82, 2.24) is 9.91 Å². The second-order valence-corrected chi connectivity index (χ2v) is 6.36. The zero-order valence-corrected chi connectivity index (χ0v) is 13.0. The number of rotatable bonds is 2. The summed E-state index contributed by atoms with van der Waals surface area (Å²) in [5, 5.41) is 6.41. The van der Waals surface area contributed by atoms with Crippen LogP contribution in [0.4, 0.5) is 0 Å². The average Bonchev–Trinajstić information content (AvgIpc) is 2.99. The molecule has 4 aliphatic rings. The third-order valence-electron chi connectivity index (χ3n) is 5.19. The van der Waals surface area contributed by atoms with E-state index in [-0.39, 0.29) is 18.0 Å². The number of hydrazone groups is 1. The molecule has 2 unspecified atom stereocenters. The highest BCUT2D eigenvalue weighted by atomic mass is 16.5. The fourth-order valence-electron chi connectivity index (χ4n) is 4.14. The van der Waals surface area contributed by atoms with E-state index < -0.39 is 0 Å². The number of hydrogen-bond acceptors (Lipinski definition) is 4. The van der Waals surface area contributed by atoms with Gasteiger partial charge in [0.1, 0.15) is 11.8 Å². The van der Waals surface area contributed by atoms with Gasteiger partial charge in [-0.1, -0.05) is 12.1 Å². The molecule has 0 radical (unpaired) electrons. The van der Waals surface area contributed by atoms with Crippen molar-refractivity contribution in [3.63, 3.8) is 0 Å². The minimum atomic E-state index is -0.0225. The second kappa shape index (κ2) is 5.09. The molecule has 2 bridgehead atoms. The van der Waals surface area contributed by atoms with Crippen LogP contribution in [0.1, 0.15) is 31.4 Å². The van der Waals surface area contributed by atoms with Gasteiger partial charge < -0.3 is 4.74 Å². The zero-order valence-electron chi connectivity index (χ0n) is 13.0. The molecule has 1 amide bonds. The Morgan fingerprint density at radius 1 is 1.27 bits per heavy atom. The first kappa shape index (κ1) is 13.8. The Morgan fingerprint density at radius 3 is 2.73 bits per heavy atom. The first-order valence-electron chi connectivity index (χ1n) is 7.95. The van der Waals surface area contributed by atoms with Gasteiger partial charge in [0, 0.05) is 12.8 Å². The standard InChI is InChI=1S/C17H21N3O2/c1-11(21)20-16(13-4-3-5-14(10-13)22-2)17-15(18-20)12-6-8-19(17)9-7-12/h3-5,10,12,16-17H,6-9H2,1-2H3. The summed E-state index contributed by atoms with van der Waals surface area (Å²) in [4.78, 5) is 14.6. The average molecular weight is 299 g/mol. The highest BCUT2D eigenvalue weighted by molar-refractivity contribution is 5.97. The maximum absolute atomic E-state index is 12.1. The minimum absolute atomic E-state index is 0.00956. The van der Waals surface area contributed by atoms with Crippen LogP contribution in [0.25, 0.3) is 0 Å². The predicted molar refractivity (Wildman–Crippen MR) is 83.8 cm³/mol. The Morgan fingerprint density at radius 2 is 2.05 bits per heavy atom. The lowest BCUT2D eigenvalue weighted by molar-refractivity contribution is -0.131. The number of amides is 1. The topological polar surface area (TPSA) is 45.1 Å². The molecule has 5 heteroatoms. The van der Waals surface area contributed by atoms with Gasteiger partial charge in [0.15, 0.2) is 0 Å². The molecule has 0 spiro atoms. The molecule has 4 aliphatic heterocycles. The summed E-state index contributed by atoms with van der Waals surface area (Å²) in [6.45, 7) is 3.83. The van der Waals surface area contributed by atoms with Crippen LogP contribution in [-0.4, -0.2) is 47.8 Å². The van der Waals surface area contributed by atoms with Crippen LogP contribution in [0.3, 0.4) is 0 Å². The molecule has 5 nitrogen and oxygen atoms in total. The molecule has 0 N–H and O–H groups in total. The number of nitrogens with zero attached hydrogens (tertiary/aromatic N) is 3. The lowest BCUT2D eigenvalue weighted by Gasteiger charge is -2.46. The van der Waals surface area contributed by atoms with E-state index in [2.05, 4.69) is 11.0 Å². The van der Waals surface area contributed by atoms with E-state index in [9.17, 15) is 4.79 Å². The summed E-state index contributed by atoms with van der Waals surface area (Å²) in [5.74, 6) is 1.38. The smallest absolute Gasteiger partial charge is 0.240 e. The van der Waals surface area contributed by atoms with E-state index in [1.165, 1.54) is 18.6 Å². The number of carbonyl (C=O) groups excluding carboxylic acids is 1. The van der Waals surface area contributed by atoms with E-state index in [0.717, 1.165) is 24.4 Å². The van der Waals surface area contributed by atoms with Gasteiger partial charge in [0.25, 0.3) is 0 Å². The van der Waals surface area contributed by atoms with Gasteiger partial charge in [-0.15, -0.1) is 0 Å². The zero-order chi connectivity index (χ0) is 15.3. The molecule has 5 rings (SSSR count). The van der Waals surface area contributed by atoms with Crippen molar-refractivity contribution in [2.24, 2.45) is 11.0 Å². The normalized spacial score (nSPS) is 32.6. The Labute approximate surface area is 130 Å². The van der Waals surface area contributed by atoms with Gasteiger partial charge in [0.05, 0.1) is 18.9 Å². The third-order valence-corrected chi connectivity index (χ3v) is 5.19. The first-order valence-corrected chi connectivity index (χ1v) is 7.95. The molecule has 3 saturated heterocycles. The van der Waals surface area contributed by atoms with Gasteiger partial charge >= 0.3 is 0 Å². The van der Waals surface area contributed by atoms with Gasteiger partial charge in [-0.2, -0.15) is 5.10 Å². The highest BCUT2D eigenvalue weighted by Crippen LogP contribution is 2.43. The summed E-state index contributed by atoms with van der Waals surface area (Å²) < 4.78 is 5.35. The molecule has 22 heavy (non-hydrogen) atoms. The van der Waals surface area contributed by atoms with Gasteiger partial charge in [-0.25, -0.2) is 5.01 Å². The van der Waals surface area contributed by atoms with Crippen LogP contribution in [0.5, 0.6) is 5.75 Å². The summed E-state index contributed by atoms with van der Waals surface area (Å²) >= 11 is 0. The SMILES string of the molecule is COc1cccc(C2C3C(=NN2C(C)=O)C2CCN3CC2)c1. The molecule has 0 aliphatic carbocycles. The quantitative estimate of drug-likeness (QED) is 0.839. The third kappa shape index (κ3) is 1.96. The van der Waals surface area contributed by atoms with Gasteiger partial charge in [0.2, 0.25) is 5.91 Å². The van der Waals surface area contributed by atoms with Crippen LogP contribution in [-0.2, 0) is 4.79 Å². The molecule has 1 aromatic rings. The fraction of sp³-hybridized carbons (Fsp3) is 0.529. The minimum Gasteiger partial charge on any atom is -0.497 e. The van der Waals surface area contributed by atoms with Crippen LogP contribution in [0.15, 0.2) is 29.4 Å². The Hall–Kier alpha value is -1.88. The molecule has 2 atom stereocenters. The largest absolute Gasteiger partial charge is 0.497 e. The number of benzene rings is 1. The molecule has 4 heterocycles. The summed E-state index contributed by atoms with van der Waals surface area (Å²) in [7, 11) is 1.67. The summed E-state index contributed by atoms with van der Waals surface area (Å²) in [6, 6.07) is 8.24. The Kier molecular flexibility index (Phi) is 3.18. The van der Waals surface area contributed by atoms with Crippen LogP contribution >= 0.6 is 0 Å². The van der Waals surface area contributed by atoms with Crippen molar-refractivity contribution >= 4 is 11.6 Å². The van der Waals surface area contributed by atoms with Crippen LogP contribution < -0.4 is 4.74 Å². The maximum atomic E-state index is 12.1. The van der Waals surface area contributed by atoms with Gasteiger partial charge in [-0.05, 0) is 43.6 Å². The van der Waals surface area contributed by atoms with Gasteiger partial charge in [-0.3, -0.25) is 9.69 Å². The van der Waals surface area contributed by atoms with Crippen molar-refractivity contribution in [3.8, 4) is 5.75 Å². The first-order chi connectivity index (χ1) is 10.7. The number of piperidine rings is 3.